The summed E-state index contributed by atoms with van der Waals surface area (Å²) in [5, 5.41) is 9.67. The summed E-state index contributed by atoms with van der Waals surface area (Å²) in [4.78, 5) is 43.7. The largest absolute Gasteiger partial charge is 0.461 e. The molecule has 2 amide bonds. The molecule has 8 nitrogen and oxygen atoms in total. The Morgan fingerprint density at radius 1 is 1.31 bits per heavy atom. The molecular weight excluding hydrogens is 412 g/mol. The van der Waals surface area contributed by atoms with Crippen molar-refractivity contribution in [2.75, 3.05) is 32.8 Å². The summed E-state index contributed by atoms with van der Waals surface area (Å²) in [6.07, 6.45) is 6.54. The first kappa shape index (κ1) is 24.5. The van der Waals surface area contributed by atoms with Crippen molar-refractivity contribution in [3.8, 4) is 0 Å². The standard InChI is InChI=1S/C24H36N2O6/c1-5-9-13-25(12-6-2)21(29)19-24-11-10-23(8-4,32-24)18(22(30)31-16-7-3)17(24)20(28)26(19)14-15-27/h6-7,17-19,27H,2-3,5,8-16H2,1,4H3/t17-,18+,19?,23-,24?/m0/s1. The van der Waals surface area contributed by atoms with E-state index in [1.165, 1.54) is 11.0 Å². The van der Waals surface area contributed by atoms with Gasteiger partial charge < -0.3 is 24.4 Å². The molecule has 2 unspecified atom stereocenters. The zero-order valence-electron chi connectivity index (χ0n) is 19.3. The van der Waals surface area contributed by atoms with Crippen LogP contribution in [0.4, 0.5) is 0 Å². The number of β-amino-alcohol motifs (C(OH)–C–C–N with tert-alkyl or cyclic N) is 1. The fraction of sp³-hybridized carbons (Fsp3) is 0.708. The number of rotatable bonds is 12. The number of esters is 1. The molecule has 1 N–H and O–H groups in total. The van der Waals surface area contributed by atoms with Crippen molar-refractivity contribution in [1.82, 2.24) is 9.80 Å². The highest BCUT2D eigenvalue weighted by atomic mass is 16.6. The maximum atomic E-state index is 13.8. The second kappa shape index (κ2) is 9.75. The molecule has 32 heavy (non-hydrogen) atoms. The molecule has 0 aliphatic carbocycles. The Balaban J connectivity index is 2.04. The third-order valence-corrected chi connectivity index (χ3v) is 7.30. The Morgan fingerprint density at radius 3 is 2.66 bits per heavy atom. The molecule has 8 heteroatoms. The third kappa shape index (κ3) is 3.67. The van der Waals surface area contributed by atoms with Gasteiger partial charge in [0.1, 0.15) is 24.2 Å². The fourth-order valence-corrected chi connectivity index (χ4v) is 5.90. The summed E-state index contributed by atoms with van der Waals surface area (Å²) in [5.74, 6) is -2.60. The second-order valence-electron chi connectivity index (χ2n) is 8.93. The Labute approximate surface area is 190 Å². The highest BCUT2D eigenvalue weighted by Gasteiger charge is 2.79. The van der Waals surface area contributed by atoms with Crippen molar-refractivity contribution >= 4 is 17.8 Å². The van der Waals surface area contributed by atoms with Gasteiger partial charge in [-0.15, -0.1) is 6.58 Å². The van der Waals surface area contributed by atoms with Crippen LogP contribution >= 0.6 is 0 Å². The van der Waals surface area contributed by atoms with E-state index in [-0.39, 0.29) is 31.6 Å². The van der Waals surface area contributed by atoms with Crippen LogP contribution in [-0.2, 0) is 23.9 Å². The number of carbonyl (C=O) groups is 3. The first-order valence-corrected chi connectivity index (χ1v) is 11.7. The van der Waals surface area contributed by atoms with Crippen molar-refractivity contribution in [2.45, 2.75) is 63.2 Å². The minimum Gasteiger partial charge on any atom is -0.461 e. The Morgan fingerprint density at radius 2 is 2.06 bits per heavy atom. The van der Waals surface area contributed by atoms with Crippen molar-refractivity contribution in [3.05, 3.63) is 25.3 Å². The molecule has 3 aliphatic rings. The summed E-state index contributed by atoms with van der Waals surface area (Å²) >= 11 is 0. The number of likely N-dealkylation sites (tertiary alicyclic amines) is 1. The van der Waals surface area contributed by atoms with E-state index in [0.29, 0.717) is 32.4 Å². The number of ether oxygens (including phenoxy) is 2. The molecular formula is C24H36N2O6. The molecule has 3 aliphatic heterocycles. The average Bonchev–Trinajstić information content (AvgIpc) is 3.39. The SMILES string of the molecule is C=CCOC(=O)[C@H]1[C@H]2C(=O)N(CCO)C(C(=O)N(CC=C)CCCC)C23CC[C@]1(CC)O3. The van der Waals surface area contributed by atoms with Gasteiger partial charge in [-0.05, 0) is 25.7 Å². The molecule has 1 spiro atoms. The molecule has 5 atom stereocenters. The van der Waals surface area contributed by atoms with Crippen LogP contribution in [0, 0.1) is 11.8 Å². The van der Waals surface area contributed by atoms with Gasteiger partial charge in [0, 0.05) is 19.6 Å². The van der Waals surface area contributed by atoms with Crippen molar-refractivity contribution in [2.24, 2.45) is 11.8 Å². The van der Waals surface area contributed by atoms with E-state index < -0.39 is 35.0 Å². The third-order valence-electron chi connectivity index (χ3n) is 7.30. The van der Waals surface area contributed by atoms with Gasteiger partial charge in [0.2, 0.25) is 11.8 Å². The number of aliphatic hydroxyl groups is 1. The lowest BCUT2D eigenvalue weighted by molar-refractivity contribution is -0.161. The molecule has 3 heterocycles. The minimum atomic E-state index is -1.09. The number of fused-ring (bicyclic) bond motifs is 1. The first-order chi connectivity index (χ1) is 15.4. The summed E-state index contributed by atoms with van der Waals surface area (Å²) in [5.41, 5.74) is -1.92. The summed E-state index contributed by atoms with van der Waals surface area (Å²) in [6, 6.07) is -0.880. The van der Waals surface area contributed by atoms with Gasteiger partial charge in [-0.3, -0.25) is 14.4 Å². The summed E-state index contributed by atoms with van der Waals surface area (Å²) in [7, 11) is 0. The highest BCUT2D eigenvalue weighted by Crippen LogP contribution is 2.64. The van der Waals surface area contributed by atoms with E-state index in [4.69, 9.17) is 9.47 Å². The highest BCUT2D eigenvalue weighted by molar-refractivity contribution is 5.98. The summed E-state index contributed by atoms with van der Waals surface area (Å²) < 4.78 is 12.0. The van der Waals surface area contributed by atoms with E-state index in [9.17, 15) is 19.5 Å². The van der Waals surface area contributed by atoms with Crippen molar-refractivity contribution in [3.63, 3.8) is 0 Å². The molecule has 0 radical (unpaired) electrons. The van der Waals surface area contributed by atoms with Gasteiger partial charge in [0.05, 0.1) is 18.1 Å². The molecule has 2 bridgehead atoms. The lowest BCUT2D eigenvalue weighted by atomic mass is 9.65. The zero-order valence-corrected chi connectivity index (χ0v) is 19.3. The van der Waals surface area contributed by atoms with E-state index in [0.717, 1.165) is 12.8 Å². The number of carbonyl (C=O) groups excluding carboxylic acids is 3. The smallest absolute Gasteiger partial charge is 0.313 e. The van der Waals surface area contributed by atoms with Gasteiger partial charge in [-0.25, -0.2) is 0 Å². The van der Waals surface area contributed by atoms with Crippen LogP contribution in [0.5, 0.6) is 0 Å². The van der Waals surface area contributed by atoms with Crippen LogP contribution in [0.15, 0.2) is 25.3 Å². The van der Waals surface area contributed by atoms with Gasteiger partial charge >= 0.3 is 5.97 Å². The molecule has 3 fully saturated rings. The lowest BCUT2D eigenvalue weighted by Crippen LogP contribution is -2.56. The number of hydrogen-bond acceptors (Lipinski definition) is 6. The Bertz CT molecular complexity index is 770. The van der Waals surface area contributed by atoms with Crippen molar-refractivity contribution < 1.29 is 29.0 Å². The van der Waals surface area contributed by atoms with Gasteiger partial charge in [-0.1, -0.05) is 39.0 Å². The van der Waals surface area contributed by atoms with E-state index in [2.05, 4.69) is 20.1 Å². The predicted octanol–water partition coefficient (Wildman–Crippen LogP) is 1.68. The number of aliphatic hydroxyl groups excluding tert-OH is 1. The van der Waals surface area contributed by atoms with Crippen LogP contribution in [0.1, 0.15) is 46.0 Å². The second-order valence-corrected chi connectivity index (χ2v) is 8.93. The molecule has 0 aromatic rings. The molecule has 0 aromatic heterocycles. The van der Waals surface area contributed by atoms with Crippen LogP contribution < -0.4 is 0 Å². The predicted molar refractivity (Wildman–Crippen MR) is 118 cm³/mol. The van der Waals surface area contributed by atoms with Crippen LogP contribution in [0.3, 0.4) is 0 Å². The zero-order chi connectivity index (χ0) is 23.5. The monoisotopic (exact) mass is 448 g/mol. The molecule has 0 aromatic carbocycles. The van der Waals surface area contributed by atoms with Crippen LogP contribution in [-0.4, -0.2) is 82.8 Å². The average molecular weight is 449 g/mol. The maximum absolute atomic E-state index is 13.8. The first-order valence-electron chi connectivity index (χ1n) is 11.7. The van der Waals surface area contributed by atoms with Gasteiger partial charge in [0.25, 0.3) is 0 Å². The topological polar surface area (TPSA) is 96.4 Å². The number of hydrogen-bond donors (Lipinski definition) is 1. The number of unbranched alkanes of at least 4 members (excludes halogenated alkanes) is 1. The van der Waals surface area contributed by atoms with Gasteiger partial charge in [-0.2, -0.15) is 0 Å². The molecule has 3 saturated heterocycles. The van der Waals surface area contributed by atoms with E-state index in [1.54, 1.807) is 11.0 Å². The van der Waals surface area contributed by atoms with Crippen LogP contribution in [0.2, 0.25) is 0 Å². The Kier molecular flexibility index (Phi) is 7.45. The fourth-order valence-electron chi connectivity index (χ4n) is 5.90. The molecule has 3 rings (SSSR count). The molecule has 178 valence electrons. The number of nitrogens with zero attached hydrogens (tertiary/aromatic N) is 2. The molecule has 0 saturated carbocycles. The normalized spacial score (nSPS) is 32.7. The number of amides is 2. The quantitative estimate of drug-likeness (QED) is 0.360. The van der Waals surface area contributed by atoms with E-state index in [1.807, 2.05) is 6.92 Å². The lowest BCUT2D eigenvalue weighted by Gasteiger charge is -2.36. The van der Waals surface area contributed by atoms with Crippen LogP contribution in [0.25, 0.3) is 0 Å². The summed E-state index contributed by atoms with van der Waals surface area (Å²) in [6.45, 7) is 12.0. The minimum absolute atomic E-state index is 0.0140. The maximum Gasteiger partial charge on any atom is 0.313 e. The Hall–Kier alpha value is -2.19. The van der Waals surface area contributed by atoms with Gasteiger partial charge in [0.15, 0.2) is 0 Å². The van der Waals surface area contributed by atoms with E-state index >= 15 is 0 Å². The van der Waals surface area contributed by atoms with Crippen molar-refractivity contribution in [1.29, 1.82) is 0 Å².